The van der Waals surface area contributed by atoms with Gasteiger partial charge in [0.25, 0.3) is 0 Å². The molecule has 0 aromatic rings. The number of rotatable bonds is 8. The average molecular weight is 482 g/mol. The Hall–Kier alpha value is -0.610. The third-order valence-electron chi connectivity index (χ3n) is 5.00. The van der Waals surface area contributed by atoms with Gasteiger partial charge in [-0.2, -0.15) is 0 Å². The highest BCUT2D eigenvalue weighted by molar-refractivity contribution is 14.0. The lowest BCUT2D eigenvalue weighted by Crippen LogP contribution is -2.46. The molecule has 0 saturated carbocycles. The first-order chi connectivity index (χ1) is 12.2. The molecule has 2 N–H and O–H groups in total. The number of carbonyl (C=O) groups is 1. The second-order valence-corrected chi connectivity index (χ2v) is 6.94. The van der Waals surface area contributed by atoms with Crippen LogP contribution in [0, 0.1) is 11.8 Å². The average Bonchev–Trinajstić information content (AvgIpc) is 3.15. The molecule has 2 heterocycles. The minimum atomic E-state index is 0. The first kappa shape index (κ1) is 23.4. The first-order valence-electron chi connectivity index (χ1n) is 9.54. The summed E-state index contributed by atoms with van der Waals surface area (Å²) in [7, 11) is 3.53. The standard InChI is InChI=1S/C18H34N4O3.HI/c1-19-17(23)12-15-4-8-22(9-5-15)18(20-2)21-7-3-10-24-13-16-6-11-25-14-16;/h15-16H,3-14H2,1-2H3,(H,19,23)(H,20,21);1H. The van der Waals surface area contributed by atoms with E-state index in [1.807, 2.05) is 7.05 Å². The van der Waals surface area contributed by atoms with E-state index < -0.39 is 0 Å². The molecule has 2 rings (SSSR count). The van der Waals surface area contributed by atoms with E-state index >= 15 is 0 Å². The van der Waals surface area contributed by atoms with E-state index in [4.69, 9.17) is 9.47 Å². The van der Waals surface area contributed by atoms with Crippen molar-refractivity contribution in [3.63, 3.8) is 0 Å². The first-order valence-corrected chi connectivity index (χ1v) is 9.54. The maximum atomic E-state index is 11.5. The molecule has 0 bridgehead atoms. The van der Waals surface area contributed by atoms with Gasteiger partial charge in [-0.25, -0.2) is 0 Å². The molecule has 0 aromatic heterocycles. The number of aliphatic imine (C=N–C) groups is 1. The van der Waals surface area contributed by atoms with Crippen LogP contribution in [0.2, 0.25) is 0 Å². The van der Waals surface area contributed by atoms with Crippen molar-refractivity contribution in [2.45, 2.75) is 32.1 Å². The maximum Gasteiger partial charge on any atom is 0.220 e. The van der Waals surface area contributed by atoms with Crippen LogP contribution in [0.4, 0.5) is 0 Å². The molecule has 1 amide bonds. The van der Waals surface area contributed by atoms with Crippen LogP contribution in [0.5, 0.6) is 0 Å². The molecular formula is C18H35IN4O3. The van der Waals surface area contributed by atoms with E-state index in [0.29, 0.717) is 18.3 Å². The van der Waals surface area contributed by atoms with Gasteiger partial charge in [-0.1, -0.05) is 0 Å². The Morgan fingerprint density at radius 3 is 2.65 bits per heavy atom. The number of nitrogens with one attached hydrogen (secondary N) is 2. The summed E-state index contributed by atoms with van der Waals surface area (Å²) in [5.41, 5.74) is 0. The molecule has 0 radical (unpaired) electrons. The molecule has 0 aromatic carbocycles. The third kappa shape index (κ3) is 8.39. The Bertz CT molecular complexity index is 423. The highest BCUT2D eigenvalue weighted by Crippen LogP contribution is 2.20. The number of halogens is 1. The van der Waals surface area contributed by atoms with Gasteiger partial charge in [0.1, 0.15) is 0 Å². The predicted octanol–water partition coefficient (Wildman–Crippen LogP) is 1.47. The zero-order valence-corrected chi connectivity index (χ0v) is 18.5. The number of guanidine groups is 1. The number of hydrogen-bond acceptors (Lipinski definition) is 4. The molecule has 2 fully saturated rings. The minimum Gasteiger partial charge on any atom is -0.381 e. The van der Waals surface area contributed by atoms with Crippen molar-refractivity contribution in [3.05, 3.63) is 0 Å². The lowest BCUT2D eigenvalue weighted by Gasteiger charge is -2.34. The van der Waals surface area contributed by atoms with Crippen LogP contribution >= 0.6 is 24.0 Å². The smallest absolute Gasteiger partial charge is 0.220 e. The summed E-state index contributed by atoms with van der Waals surface area (Å²) in [5.74, 6) is 2.17. The second kappa shape index (κ2) is 13.5. The van der Waals surface area contributed by atoms with E-state index in [1.54, 1.807) is 7.05 Å². The van der Waals surface area contributed by atoms with Crippen LogP contribution in [-0.4, -0.2) is 76.9 Å². The molecule has 152 valence electrons. The van der Waals surface area contributed by atoms with Crippen LogP contribution in [0.1, 0.15) is 32.1 Å². The fourth-order valence-corrected chi connectivity index (χ4v) is 3.38. The summed E-state index contributed by atoms with van der Waals surface area (Å²) >= 11 is 0. The van der Waals surface area contributed by atoms with Crippen molar-refractivity contribution < 1.29 is 14.3 Å². The van der Waals surface area contributed by atoms with Gasteiger partial charge >= 0.3 is 0 Å². The van der Waals surface area contributed by atoms with Gasteiger partial charge in [-0.3, -0.25) is 9.79 Å². The van der Waals surface area contributed by atoms with Crippen molar-refractivity contribution in [1.29, 1.82) is 0 Å². The maximum absolute atomic E-state index is 11.5. The number of likely N-dealkylation sites (tertiary alicyclic amines) is 1. The van der Waals surface area contributed by atoms with E-state index in [-0.39, 0.29) is 29.9 Å². The molecule has 2 saturated heterocycles. The zero-order chi connectivity index (χ0) is 17.9. The number of ether oxygens (including phenoxy) is 2. The van der Waals surface area contributed by atoms with Gasteiger partial charge in [0.05, 0.1) is 13.2 Å². The molecule has 0 aliphatic carbocycles. The Kier molecular flexibility index (Phi) is 12.2. The molecule has 0 spiro atoms. The van der Waals surface area contributed by atoms with Crippen molar-refractivity contribution >= 4 is 35.8 Å². The third-order valence-corrected chi connectivity index (χ3v) is 5.00. The largest absolute Gasteiger partial charge is 0.381 e. The molecule has 7 nitrogen and oxygen atoms in total. The summed E-state index contributed by atoms with van der Waals surface area (Å²) in [5, 5.41) is 6.14. The molecule has 2 aliphatic rings. The number of nitrogens with zero attached hydrogens (tertiary/aromatic N) is 2. The van der Waals surface area contributed by atoms with E-state index in [0.717, 1.165) is 77.7 Å². The van der Waals surface area contributed by atoms with Crippen molar-refractivity contribution in [1.82, 2.24) is 15.5 Å². The molecule has 1 unspecified atom stereocenters. The zero-order valence-electron chi connectivity index (χ0n) is 16.2. The monoisotopic (exact) mass is 482 g/mol. The summed E-state index contributed by atoms with van der Waals surface area (Å²) < 4.78 is 11.1. The van der Waals surface area contributed by atoms with Gasteiger partial charge < -0.3 is 25.0 Å². The summed E-state index contributed by atoms with van der Waals surface area (Å²) in [6.07, 6.45) is 4.82. The molecular weight excluding hydrogens is 447 g/mol. The lowest BCUT2D eigenvalue weighted by atomic mass is 9.93. The van der Waals surface area contributed by atoms with Crippen LogP contribution in [0.3, 0.4) is 0 Å². The Labute approximate surface area is 174 Å². The summed E-state index contributed by atoms with van der Waals surface area (Å²) in [6.45, 7) is 6.10. The van der Waals surface area contributed by atoms with Gasteiger partial charge in [0, 0.05) is 59.3 Å². The minimum absolute atomic E-state index is 0. The molecule has 8 heteroatoms. The number of amides is 1. The predicted molar refractivity (Wildman–Crippen MR) is 114 cm³/mol. The highest BCUT2D eigenvalue weighted by Gasteiger charge is 2.22. The lowest BCUT2D eigenvalue weighted by molar-refractivity contribution is -0.121. The van der Waals surface area contributed by atoms with Crippen molar-refractivity contribution in [2.75, 3.05) is 60.2 Å². The Morgan fingerprint density at radius 1 is 1.27 bits per heavy atom. The molecule has 26 heavy (non-hydrogen) atoms. The van der Waals surface area contributed by atoms with Crippen LogP contribution < -0.4 is 10.6 Å². The van der Waals surface area contributed by atoms with Gasteiger partial charge in [-0.05, 0) is 31.6 Å². The van der Waals surface area contributed by atoms with E-state index in [9.17, 15) is 4.79 Å². The van der Waals surface area contributed by atoms with E-state index in [1.165, 1.54) is 0 Å². The summed E-state index contributed by atoms with van der Waals surface area (Å²) in [6, 6.07) is 0. The van der Waals surface area contributed by atoms with Crippen molar-refractivity contribution in [2.24, 2.45) is 16.8 Å². The second-order valence-electron chi connectivity index (χ2n) is 6.94. The topological polar surface area (TPSA) is 75.2 Å². The normalized spacial score (nSPS) is 21.4. The quantitative estimate of drug-likeness (QED) is 0.237. The van der Waals surface area contributed by atoms with Gasteiger partial charge in [0.2, 0.25) is 5.91 Å². The van der Waals surface area contributed by atoms with Crippen LogP contribution in [0.25, 0.3) is 0 Å². The highest BCUT2D eigenvalue weighted by atomic mass is 127. The number of hydrogen-bond donors (Lipinski definition) is 2. The molecule has 1 atom stereocenters. The number of carbonyl (C=O) groups excluding carboxylic acids is 1. The van der Waals surface area contributed by atoms with Crippen LogP contribution in [-0.2, 0) is 14.3 Å². The van der Waals surface area contributed by atoms with Gasteiger partial charge in [-0.15, -0.1) is 24.0 Å². The Morgan fingerprint density at radius 2 is 2.04 bits per heavy atom. The van der Waals surface area contributed by atoms with E-state index in [2.05, 4.69) is 20.5 Å². The SMILES string of the molecule is CN=C(NCCCOCC1CCOC1)N1CCC(CC(=O)NC)CC1.I. The van der Waals surface area contributed by atoms with Crippen molar-refractivity contribution in [3.8, 4) is 0 Å². The summed E-state index contributed by atoms with van der Waals surface area (Å²) in [4.78, 5) is 18.2. The Balaban J connectivity index is 0.00000338. The fourth-order valence-electron chi connectivity index (χ4n) is 3.38. The number of piperidine rings is 1. The van der Waals surface area contributed by atoms with Crippen LogP contribution in [0.15, 0.2) is 4.99 Å². The molecule has 2 aliphatic heterocycles. The fraction of sp³-hybridized carbons (Fsp3) is 0.889. The van der Waals surface area contributed by atoms with Gasteiger partial charge in [0.15, 0.2) is 5.96 Å².